The third-order valence-electron chi connectivity index (χ3n) is 6.65. The zero-order chi connectivity index (χ0) is 21.9. The minimum Gasteiger partial charge on any atom is -0.495 e. The number of piperazine rings is 1. The number of amides is 1. The molecule has 0 radical (unpaired) electrons. The predicted molar refractivity (Wildman–Crippen MR) is 129 cm³/mol. The third-order valence-corrected chi connectivity index (χ3v) is 6.65. The van der Waals surface area contributed by atoms with Crippen molar-refractivity contribution in [2.75, 3.05) is 56.2 Å². The van der Waals surface area contributed by atoms with Crippen LogP contribution in [-0.2, 0) is 0 Å². The SMILES string of the molecule is COc1ccccc1N1CCN(c2ncc(C(=O)N3CCCCC3)c3ccccc23)CC1. The first-order valence-electron chi connectivity index (χ1n) is 11.6. The maximum Gasteiger partial charge on any atom is 0.256 e. The lowest BCUT2D eigenvalue weighted by Gasteiger charge is -2.37. The summed E-state index contributed by atoms with van der Waals surface area (Å²) in [5.74, 6) is 1.99. The van der Waals surface area contributed by atoms with E-state index in [4.69, 9.17) is 9.72 Å². The molecule has 0 aliphatic carbocycles. The lowest BCUT2D eigenvalue weighted by atomic mass is 10.0. The molecule has 2 aromatic carbocycles. The van der Waals surface area contributed by atoms with Crippen LogP contribution in [-0.4, -0.2) is 62.2 Å². The van der Waals surface area contributed by atoms with Crippen LogP contribution in [0.3, 0.4) is 0 Å². The van der Waals surface area contributed by atoms with Crippen LogP contribution in [0.4, 0.5) is 11.5 Å². The normalized spacial score (nSPS) is 17.0. The van der Waals surface area contributed by atoms with Crippen molar-refractivity contribution in [2.24, 2.45) is 0 Å². The van der Waals surface area contributed by atoms with Gasteiger partial charge in [0.15, 0.2) is 0 Å². The summed E-state index contributed by atoms with van der Waals surface area (Å²) in [6, 6.07) is 16.4. The van der Waals surface area contributed by atoms with Crippen LogP contribution in [0.5, 0.6) is 5.75 Å². The summed E-state index contributed by atoms with van der Waals surface area (Å²) < 4.78 is 5.55. The fraction of sp³-hybridized carbons (Fsp3) is 0.385. The Kier molecular flexibility index (Phi) is 5.84. The third kappa shape index (κ3) is 3.85. The number of likely N-dealkylation sites (tertiary alicyclic amines) is 1. The number of carbonyl (C=O) groups is 1. The molecule has 0 unspecified atom stereocenters. The van der Waals surface area contributed by atoms with E-state index in [2.05, 4.69) is 34.1 Å². The highest BCUT2D eigenvalue weighted by Gasteiger charge is 2.25. The van der Waals surface area contributed by atoms with Gasteiger partial charge in [-0.3, -0.25) is 4.79 Å². The number of benzene rings is 2. The van der Waals surface area contributed by atoms with E-state index in [1.807, 2.05) is 29.2 Å². The molecule has 2 fully saturated rings. The summed E-state index contributed by atoms with van der Waals surface area (Å²) in [5.41, 5.74) is 1.86. The maximum atomic E-state index is 13.2. The Morgan fingerprint density at radius 2 is 1.47 bits per heavy atom. The minimum atomic E-state index is 0.112. The molecule has 1 amide bonds. The number of nitrogens with zero attached hydrogens (tertiary/aromatic N) is 4. The Morgan fingerprint density at radius 1 is 0.812 bits per heavy atom. The summed E-state index contributed by atoms with van der Waals surface area (Å²) in [5, 5.41) is 2.06. The Bertz CT molecular complexity index is 1100. The van der Waals surface area contributed by atoms with E-state index < -0.39 is 0 Å². The van der Waals surface area contributed by atoms with E-state index in [0.29, 0.717) is 0 Å². The van der Waals surface area contributed by atoms with Gasteiger partial charge in [0, 0.05) is 50.9 Å². The van der Waals surface area contributed by atoms with Crippen molar-refractivity contribution in [3.8, 4) is 5.75 Å². The number of hydrogen-bond acceptors (Lipinski definition) is 5. The first kappa shape index (κ1) is 20.6. The number of aromatic nitrogens is 1. The van der Waals surface area contributed by atoms with Crippen LogP contribution < -0.4 is 14.5 Å². The summed E-state index contributed by atoms with van der Waals surface area (Å²) in [7, 11) is 1.72. The van der Waals surface area contributed by atoms with Crippen molar-refractivity contribution in [2.45, 2.75) is 19.3 Å². The molecule has 166 valence electrons. The Labute approximate surface area is 189 Å². The first-order valence-corrected chi connectivity index (χ1v) is 11.6. The van der Waals surface area contributed by atoms with Gasteiger partial charge in [-0.25, -0.2) is 4.98 Å². The molecule has 0 saturated carbocycles. The number of rotatable bonds is 4. The van der Waals surface area contributed by atoms with Gasteiger partial charge in [0.1, 0.15) is 11.6 Å². The largest absolute Gasteiger partial charge is 0.495 e. The van der Waals surface area contributed by atoms with Crippen molar-refractivity contribution in [3.05, 3.63) is 60.3 Å². The van der Waals surface area contributed by atoms with Gasteiger partial charge in [0.05, 0.1) is 18.4 Å². The van der Waals surface area contributed by atoms with Gasteiger partial charge in [-0.05, 0) is 36.8 Å². The maximum absolute atomic E-state index is 13.2. The lowest BCUT2D eigenvalue weighted by Crippen LogP contribution is -2.47. The number of carbonyl (C=O) groups excluding carboxylic acids is 1. The number of anilines is 2. The monoisotopic (exact) mass is 430 g/mol. The van der Waals surface area contributed by atoms with E-state index in [1.165, 1.54) is 6.42 Å². The number of para-hydroxylation sites is 2. The van der Waals surface area contributed by atoms with Gasteiger partial charge in [-0.2, -0.15) is 0 Å². The predicted octanol–water partition coefficient (Wildman–Crippen LogP) is 4.20. The fourth-order valence-electron chi connectivity index (χ4n) is 4.92. The van der Waals surface area contributed by atoms with E-state index in [1.54, 1.807) is 13.3 Å². The van der Waals surface area contributed by atoms with Crippen molar-refractivity contribution < 1.29 is 9.53 Å². The molecule has 3 aromatic rings. The number of hydrogen-bond donors (Lipinski definition) is 0. The summed E-state index contributed by atoms with van der Waals surface area (Å²) in [4.78, 5) is 24.7. The second kappa shape index (κ2) is 9.07. The second-order valence-electron chi connectivity index (χ2n) is 8.54. The Hall–Kier alpha value is -3.28. The highest BCUT2D eigenvalue weighted by atomic mass is 16.5. The number of ether oxygens (including phenoxy) is 1. The van der Waals surface area contributed by atoms with E-state index in [9.17, 15) is 4.79 Å². The highest BCUT2D eigenvalue weighted by molar-refractivity contribution is 6.09. The number of fused-ring (bicyclic) bond motifs is 1. The molecule has 0 atom stereocenters. The van der Waals surface area contributed by atoms with Gasteiger partial charge >= 0.3 is 0 Å². The van der Waals surface area contributed by atoms with Crippen molar-refractivity contribution in [3.63, 3.8) is 0 Å². The molecule has 2 aliphatic heterocycles. The number of piperidine rings is 1. The summed E-state index contributed by atoms with van der Waals surface area (Å²) in [6.07, 6.45) is 5.18. The molecule has 3 heterocycles. The molecule has 6 heteroatoms. The van der Waals surface area contributed by atoms with Crippen LogP contribution >= 0.6 is 0 Å². The highest BCUT2D eigenvalue weighted by Crippen LogP contribution is 2.32. The molecule has 0 spiro atoms. The number of pyridine rings is 1. The Morgan fingerprint density at radius 3 is 2.22 bits per heavy atom. The minimum absolute atomic E-state index is 0.112. The molecule has 5 rings (SSSR count). The van der Waals surface area contributed by atoms with Gasteiger partial charge < -0.3 is 19.4 Å². The van der Waals surface area contributed by atoms with Crippen molar-refractivity contribution >= 4 is 28.2 Å². The second-order valence-corrected chi connectivity index (χ2v) is 8.54. The average molecular weight is 431 g/mol. The first-order chi connectivity index (χ1) is 15.8. The zero-order valence-corrected chi connectivity index (χ0v) is 18.7. The van der Waals surface area contributed by atoms with E-state index in [-0.39, 0.29) is 5.91 Å². The van der Waals surface area contributed by atoms with Gasteiger partial charge in [0.2, 0.25) is 0 Å². The molecular formula is C26H30N4O2. The smallest absolute Gasteiger partial charge is 0.256 e. The Balaban J connectivity index is 1.39. The van der Waals surface area contributed by atoms with Gasteiger partial charge in [0.25, 0.3) is 5.91 Å². The molecule has 0 N–H and O–H groups in total. The van der Waals surface area contributed by atoms with Crippen LogP contribution in [0.1, 0.15) is 29.6 Å². The van der Waals surface area contributed by atoms with Crippen LogP contribution in [0.25, 0.3) is 10.8 Å². The quantitative estimate of drug-likeness (QED) is 0.621. The van der Waals surface area contributed by atoms with Crippen LogP contribution in [0.15, 0.2) is 54.7 Å². The molecule has 2 aliphatic rings. The summed E-state index contributed by atoms with van der Waals surface area (Å²) >= 11 is 0. The van der Waals surface area contributed by atoms with Crippen LogP contribution in [0.2, 0.25) is 0 Å². The lowest BCUT2D eigenvalue weighted by molar-refractivity contribution is 0.0726. The van der Waals surface area contributed by atoms with E-state index in [0.717, 1.165) is 85.7 Å². The van der Waals surface area contributed by atoms with Gasteiger partial charge in [-0.1, -0.05) is 36.4 Å². The molecule has 32 heavy (non-hydrogen) atoms. The molecule has 2 saturated heterocycles. The molecule has 1 aromatic heterocycles. The van der Waals surface area contributed by atoms with Crippen molar-refractivity contribution in [1.82, 2.24) is 9.88 Å². The fourth-order valence-corrected chi connectivity index (χ4v) is 4.92. The average Bonchev–Trinajstić information content (AvgIpc) is 2.88. The van der Waals surface area contributed by atoms with E-state index >= 15 is 0 Å². The number of methoxy groups -OCH3 is 1. The molecule has 6 nitrogen and oxygen atoms in total. The van der Waals surface area contributed by atoms with Crippen LogP contribution in [0, 0.1) is 0 Å². The van der Waals surface area contributed by atoms with Gasteiger partial charge in [-0.15, -0.1) is 0 Å². The molecular weight excluding hydrogens is 400 g/mol. The standard InChI is InChI=1S/C26H30N4O2/c1-32-24-12-6-5-11-23(24)28-15-17-29(18-16-28)25-21-10-4-3-9-20(21)22(19-27-25)26(31)30-13-7-2-8-14-30/h3-6,9-12,19H,2,7-8,13-18H2,1H3. The zero-order valence-electron chi connectivity index (χ0n) is 18.7. The van der Waals surface area contributed by atoms with Crippen molar-refractivity contribution in [1.29, 1.82) is 0 Å². The summed E-state index contributed by atoms with van der Waals surface area (Å²) in [6.45, 7) is 5.22. The molecule has 0 bridgehead atoms. The topological polar surface area (TPSA) is 48.9 Å².